The molecule has 0 radical (unpaired) electrons. The van der Waals surface area contributed by atoms with Crippen molar-refractivity contribution in [3.63, 3.8) is 0 Å². The van der Waals surface area contributed by atoms with Crippen LogP contribution >= 0.6 is 0 Å². The summed E-state index contributed by atoms with van der Waals surface area (Å²) in [7, 11) is 0. The highest BCUT2D eigenvalue weighted by atomic mass is 16.2. The maximum atomic E-state index is 12.0. The van der Waals surface area contributed by atoms with E-state index in [2.05, 4.69) is 17.1 Å². The van der Waals surface area contributed by atoms with Crippen LogP contribution in [0, 0.1) is 5.92 Å². The van der Waals surface area contributed by atoms with E-state index in [1.165, 1.54) is 19.3 Å². The molecule has 15 heavy (non-hydrogen) atoms. The number of hydrogen-bond donors (Lipinski definition) is 1. The van der Waals surface area contributed by atoms with Crippen LogP contribution in [0.25, 0.3) is 0 Å². The Bertz CT molecular complexity index is 226. The number of amides is 1. The van der Waals surface area contributed by atoms with Gasteiger partial charge in [-0.15, -0.1) is 0 Å². The van der Waals surface area contributed by atoms with Crippen LogP contribution in [-0.2, 0) is 4.79 Å². The fraction of sp³-hybridized carbons (Fsp3) is 0.917. The number of carbonyl (C=O) groups excluding carboxylic acids is 1. The van der Waals surface area contributed by atoms with Gasteiger partial charge in [0.25, 0.3) is 0 Å². The van der Waals surface area contributed by atoms with Gasteiger partial charge in [-0.1, -0.05) is 19.3 Å². The van der Waals surface area contributed by atoms with Crippen LogP contribution in [0.15, 0.2) is 0 Å². The SMILES string of the molecule is C[C@H]1CNCCN1C(=O)CCC1CCC1. The third-order valence-corrected chi connectivity index (χ3v) is 3.81. The molecule has 1 N–H and O–H groups in total. The molecule has 1 aliphatic carbocycles. The molecule has 3 heteroatoms. The summed E-state index contributed by atoms with van der Waals surface area (Å²) in [6.45, 7) is 4.94. The van der Waals surface area contributed by atoms with E-state index < -0.39 is 0 Å². The molecule has 0 unspecified atom stereocenters. The van der Waals surface area contributed by atoms with Gasteiger partial charge >= 0.3 is 0 Å². The molecule has 0 bridgehead atoms. The number of rotatable bonds is 3. The Morgan fingerprint density at radius 3 is 2.87 bits per heavy atom. The Morgan fingerprint density at radius 2 is 2.27 bits per heavy atom. The molecular formula is C12H22N2O. The zero-order valence-corrected chi connectivity index (χ0v) is 9.67. The first kappa shape index (κ1) is 10.9. The first-order chi connectivity index (χ1) is 7.27. The van der Waals surface area contributed by atoms with Gasteiger partial charge in [0.05, 0.1) is 0 Å². The Hall–Kier alpha value is -0.570. The van der Waals surface area contributed by atoms with Gasteiger partial charge in [-0.2, -0.15) is 0 Å². The molecule has 1 saturated heterocycles. The molecule has 0 aromatic carbocycles. The summed E-state index contributed by atoms with van der Waals surface area (Å²) in [6.07, 6.45) is 5.97. The van der Waals surface area contributed by atoms with Gasteiger partial charge in [-0.3, -0.25) is 4.79 Å². The van der Waals surface area contributed by atoms with E-state index >= 15 is 0 Å². The van der Waals surface area contributed by atoms with E-state index in [4.69, 9.17) is 0 Å². The van der Waals surface area contributed by atoms with E-state index in [0.717, 1.165) is 38.4 Å². The maximum Gasteiger partial charge on any atom is 0.222 e. The van der Waals surface area contributed by atoms with Crippen LogP contribution in [-0.4, -0.2) is 36.5 Å². The van der Waals surface area contributed by atoms with Crippen molar-refractivity contribution in [2.45, 2.75) is 45.1 Å². The van der Waals surface area contributed by atoms with E-state index in [1.54, 1.807) is 0 Å². The lowest BCUT2D eigenvalue weighted by Gasteiger charge is -2.35. The minimum atomic E-state index is 0.371. The molecule has 0 aromatic heterocycles. The summed E-state index contributed by atoms with van der Waals surface area (Å²) >= 11 is 0. The second-order valence-electron chi connectivity index (χ2n) is 4.98. The summed E-state index contributed by atoms with van der Waals surface area (Å²) in [5.41, 5.74) is 0. The molecule has 0 spiro atoms. The standard InChI is InChI=1S/C12H22N2O/c1-10-9-13-7-8-14(10)12(15)6-5-11-3-2-4-11/h10-11,13H,2-9H2,1H3/t10-/m0/s1. The molecule has 2 rings (SSSR count). The van der Waals surface area contributed by atoms with Gasteiger partial charge in [-0.25, -0.2) is 0 Å². The van der Waals surface area contributed by atoms with Gasteiger partial charge < -0.3 is 10.2 Å². The van der Waals surface area contributed by atoms with Gasteiger partial charge in [0, 0.05) is 32.1 Å². The van der Waals surface area contributed by atoms with Gasteiger partial charge in [0.15, 0.2) is 0 Å². The highest BCUT2D eigenvalue weighted by Gasteiger charge is 2.24. The van der Waals surface area contributed by atoms with Gasteiger partial charge in [0.2, 0.25) is 5.91 Å². The highest BCUT2D eigenvalue weighted by Crippen LogP contribution is 2.30. The number of carbonyl (C=O) groups is 1. The quantitative estimate of drug-likeness (QED) is 0.763. The van der Waals surface area contributed by atoms with Crippen molar-refractivity contribution in [3.8, 4) is 0 Å². The second kappa shape index (κ2) is 4.97. The van der Waals surface area contributed by atoms with Crippen molar-refractivity contribution in [2.24, 2.45) is 5.92 Å². The Morgan fingerprint density at radius 1 is 1.47 bits per heavy atom. The summed E-state index contributed by atoms with van der Waals surface area (Å²) in [5, 5.41) is 3.31. The van der Waals surface area contributed by atoms with E-state index in [9.17, 15) is 4.79 Å². The van der Waals surface area contributed by atoms with Crippen LogP contribution in [0.4, 0.5) is 0 Å². The number of nitrogens with zero attached hydrogens (tertiary/aromatic N) is 1. The monoisotopic (exact) mass is 210 g/mol. The largest absolute Gasteiger partial charge is 0.337 e. The average Bonchev–Trinajstić information content (AvgIpc) is 2.16. The Kier molecular flexibility index (Phi) is 3.62. The first-order valence-electron chi connectivity index (χ1n) is 6.27. The lowest BCUT2D eigenvalue weighted by molar-refractivity contribution is -0.134. The molecule has 1 heterocycles. The zero-order valence-electron chi connectivity index (χ0n) is 9.67. The lowest BCUT2D eigenvalue weighted by atomic mass is 9.82. The average molecular weight is 210 g/mol. The predicted octanol–water partition coefficient (Wildman–Crippen LogP) is 1.39. The number of hydrogen-bond acceptors (Lipinski definition) is 2. The Balaban J connectivity index is 1.73. The van der Waals surface area contributed by atoms with E-state index in [0.29, 0.717) is 11.9 Å². The molecule has 86 valence electrons. The fourth-order valence-electron chi connectivity index (χ4n) is 2.46. The molecule has 1 aliphatic heterocycles. The van der Waals surface area contributed by atoms with Crippen LogP contribution < -0.4 is 5.32 Å². The Labute approximate surface area is 92.2 Å². The summed E-state index contributed by atoms with van der Waals surface area (Å²) in [6, 6.07) is 0.382. The van der Waals surface area contributed by atoms with Crippen LogP contribution in [0.1, 0.15) is 39.0 Å². The first-order valence-corrected chi connectivity index (χ1v) is 6.27. The minimum absolute atomic E-state index is 0.371. The van der Waals surface area contributed by atoms with E-state index in [1.807, 2.05) is 0 Å². The van der Waals surface area contributed by atoms with Crippen molar-refractivity contribution in [2.75, 3.05) is 19.6 Å². The molecule has 2 fully saturated rings. The normalized spacial score (nSPS) is 27.5. The van der Waals surface area contributed by atoms with Gasteiger partial charge in [0.1, 0.15) is 0 Å². The highest BCUT2D eigenvalue weighted by molar-refractivity contribution is 5.76. The maximum absolute atomic E-state index is 12.0. The third-order valence-electron chi connectivity index (χ3n) is 3.81. The van der Waals surface area contributed by atoms with Gasteiger partial charge in [-0.05, 0) is 19.3 Å². The fourth-order valence-corrected chi connectivity index (χ4v) is 2.46. The second-order valence-corrected chi connectivity index (χ2v) is 4.98. The van der Waals surface area contributed by atoms with Crippen molar-refractivity contribution in [1.29, 1.82) is 0 Å². The predicted molar refractivity (Wildman–Crippen MR) is 60.6 cm³/mol. The third kappa shape index (κ3) is 2.71. The van der Waals surface area contributed by atoms with E-state index in [-0.39, 0.29) is 0 Å². The lowest BCUT2D eigenvalue weighted by Crippen LogP contribution is -2.52. The van der Waals surface area contributed by atoms with Crippen molar-refractivity contribution in [3.05, 3.63) is 0 Å². The topological polar surface area (TPSA) is 32.3 Å². The smallest absolute Gasteiger partial charge is 0.222 e. The summed E-state index contributed by atoms with van der Waals surface area (Å²) in [4.78, 5) is 14.0. The molecule has 1 saturated carbocycles. The summed E-state index contributed by atoms with van der Waals surface area (Å²) < 4.78 is 0. The minimum Gasteiger partial charge on any atom is -0.337 e. The summed E-state index contributed by atoms with van der Waals surface area (Å²) in [5.74, 6) is 1.23. The molecule has 2 aliphatic rings. The zero-order chi connectivity index (χ0) is 10.7. The van der Waals surface area contributed by atoms with Crippen molar-refractivity contribution < 1.29 is 4.79 Å². The van der Waals surface area contributed by atoms with Crippen molar-refractivity contribution in [1.82, 2.24) is 10.2 Å². The van der Waals surface area contributed by atoms with Crippen LogP contribution in [0.2, 0.25) is 0 Å². The number of nitrogens with one attached hydrogen (secondary N) is 1. The molecule has 0 aromatic rings. The molecule has 1 amide bonds. The number of piperazine rings is 1. The van der Waals surface area contributed by atoms with Crippen molar-refractivity contribution >= 4 is 5.91 Å². The molecular weight excluding hydrogens is 188 g/mol. The molecule has 3 nitrogen and oxygen atoms in total. The van der Waals surface area contributed by atoms with Crippen LogP contribution in [0.5, 0.6) is 0 Å². The van der Waals surface area contributed by atoms with Crippen LogP contribution in [0.3, 0.4) is 0 Å². The molecule has 1 atom stereocenters.